The van der Waals surface area contributed by atoms with E-state index in [4.69, 9.17) is 5.26 Å². The Morgan fingerprint density at radius 1 is 1.53 bits per heavy atom. The molecule has 0 saturated carbocycles. The van der Waals surface area contributed by atoms with Crippen LogP contribution in [0.1, 0.15) is 15.4 Å². The number of hydrogen-bond acceptors (Lipinski definition) is 6. The molecule has 0 fully saturated rings. The molecule has 2 aromatic heterocycles. The van der Waals surface area contributed by atoms with Gasteiger partial charge in [0.15, 0.2) is 0 Å². The third-order valence-electron chi connectivity index (χ3n) is 1.72. The molecule has 4 nitrogen and oxygen atoms in total. The van der Waals surface area contributed by atoms with Crippen LogP contribution in [-0.4, -0.2) is 10.2 Å². The van der Waals surface area contributed by atoms with Crippen LogP contribution in [-0.2, 0) is 6.54 Å². The second-order valence-electron chi connectivity index (χ2n) is 2.89. The number of hydrogen-bond donors (Lipinski definition) is 1. The van der Waals surface area contributed by atoms with Crippen LogP contribution in [0.3, 0.4) is 0 Å². The minimum Gasteiger partial charge on any atom is -0.355 e. The van der Waals surface area contributed by atoms with Crippen molar-refractivity contribution in [2.24, 2.45) is 0 Å². The van der Waals surface area contributed by atoms with Crippen LogP contribution in [0, 0.1) is 18.3 Å². The van der Waals surface area contributed by atoms with Crippen molar-refractivity contribution in [3.05, 3.63) is 26.9 Å². The summed E-state index contributed by atoms with van der Waals surface area (Å²) in [6, 6.07) is 3.99. The molecule has 2 aromatic rings. The molecule has 2 heterocycles. The quantitative estimate of drug-likeness (QED) is 0.888. The van der Waals surface area contributed by atoms with Crippen molar-refractivity contribution >= 4 is 27.8 Å². The van der Waals surface area contributed by atoms with Gasteiger partial charge >= 0.3 is 0 Å². The standard InChI is InChI=1S/C9H8N4S2/c1-6-12-13-9(15-6)11-4-8-2-7(3-10)5-14-8/h2,5H,4H2,1H3,(H,11,13). The van der Waals surface area contributed by atoms with E-state index in [9.17, 15) is 0 Å². The van der Waals surface area contributed by atoms with Crippen molar-refractivity contribution in [2.75, 3.05) is 5.32 Å². The maximum absolute atomic E-state index is 8.66. The minimum atomic E-state index is 0.695. The molecule has 0 aromatic carbocycles. The summed E-state index contributed by atoms with van der Waals surface area (Å²) in [7, 11) is 0. The van der Waals surface area contributed by atoms with Crippen LogP contribution in [0.2, 0.25) is 0 Å². The topological polar surface area (TPSA) is 61.6 Å². The van der Waals surface area contributed by atoms with Crippen LogP contribution in [0.4, 0.5) is 5.13 Å². The van der Waals surface area contributed by atoms with Crippen molar-refractivity contribution in [1.29, 1.82) is 5.26 Å². The summed E-state index contributed by atoms with van der Waals surface area (Å²) >= 11 is 3.10. The van der Waals surface area contributed by atoms with Gasteiger partial charge in [-0.1, -0.05) is 11.3 Å². The Bertz CT molecular complexity index is 494. The third kappa shape index (κ3) is 2.52. The Hall–Kier alpha value is -1.45. The van der Waals surface area contributed by atoms with E-state index in [0.717, 1.165) is 15.0 Å². The second kappa shape index (κ2) is 4.38. The number of aromatic nitrogens is 2. The summed E-state index contributed by atoms with van der Waals surface area (Å²) in [6.07, 6.45) is 0. The number of nitrogens with zero attached hydrogens (tertiary/aromatic N) is 3. The summed E-state index contributed by atoms with van der Waals surface area (Å²) in [5.74, 6) is 0. The lowest BCUT2D eigenvalue weighted by Crippen LogP contribution is -1.96. The first-order valence-electron chi connectivity index (χ1n) is 4.29. The molecule has 0 spiro atoms. The highest BCUT2D eigenvalue weighted by Gasteiger charge is 2.01. The van der Waals surface area contributed by atoms with E-state index in [1.807, 2.05) is 18.4 Å². The highest BCUT2D eigenvalue weighted by atomic mass is 32.1. The van der Waals surface area contributed by atoms with Crippen molar-refractivity contribution < 1.29 is 0 Å². The van der Waals surface area contributed by atoms with Crippen molar-refractivity contribution in [1.82, 2.24) is 10.2 Å². The Balaban J connectivity index is 1.96. The molecule has 0 saturated heterocycles. The van der Waals surface area contributed by atoms with Crippen LogP contribution >= 0.6 is 22.7 Å². The average Bonchev–Trinajstić information content (AvgIpc) is 2.83. The van der Waals surface area contributed by atoms with E-state index in [0.29, 0.717) is 12.1 Å². The molecular weight excluding hydrogens is 228 g/mol. The van der Waals surface area contributed by atoms with Crippen molar-refractivity contribution in [3.63, 3.8) is 0 Å². The predicted molar refractivity (Wildman–Crippen MR) is 61.0 cm³/mol. The fourth-order valence-corrected chi connectivity index (χ4v) is 2.40. The molecule has 6 heteroatoms. The van der Waals surface area contributed by atoms with Gasteiger partial charge in [-0.2, -0.15) is 5.26 Å². The Morgan fingerprint density at radius 3 is 3.00 bits per heavy atom. The van der Waals surface area contributed by atoms with Crippen LogP contribution in [0.5, 0.6) is 0 Å². The third-order valence-corrected chi connectivity index (χ3v) is 3.46. The van der Waals surface area contributed by atoms with Gasteiger partial charge in [0.2, 0.25) is 5.13 Å². The summed E-state index contributed by atoms with van der Waals surface area (Å²) in [5, 5.41) is 23.3. The van der Waals surface area contributed by atoms with Crippen molar-refractivity contribution in [3.8, 4) is 6.07 Å². The highest BCUT2D eigenvalue weighted by Crippen LogP contribution is 2.18. The molecule has 0 amide bonds. The summed E-state index contributed by atoms with van der Waals surface area (Å²) in [5.41, 5.74) is 0.713. The lowest BCUT2D eigenvalue weighted by atomic mass is 10.3. The van der Waals surface area contributed by atoms with Gasteiger partial charge in [0.1, 0.15) is 11.1 Å². The molecule has 15 heavy (non-hydrogen) atoms. The Morgan fingerprint density at radius 2 is 2.40 bits per heavy atom. The van der Waals surface area contributed by atoms with Gasteiger partial charge in [0.25, 0.3) is 0 Å². The molecule has 0 aliphatic rings. The van der Waals surface area contributed by atoms with Crippen LogP contribution < -0.4 is 5.32 Å². The van der Waals surface area contributed by atoms with Crippen LogP contribution in [0.15, 0.2) is 11.4 Å². The number of nitriles is 1. The van der Waals surface area contributed by atoms with Crippen molar-refractivity contribution in [2.45, 2.75) is 13.5 Å². The van der Waals surface area contributed by atoms with Gasteiger partial charge in [0, 0.05) is 10.3 Å². The number of rotatable bonds is 3. The Kier molecular flexibility index (Phi) is 2.94. The molecule has 0 radical (unpaired) electrons. The van der Waals surface area contributed by atoms with Gasteiger partial charge < -0.3 is 5.32 Å². The zero-order chi connectivity index (χ0) is 10.7. The van der Waals surface area contributed by atoms with E-state index in [2.05, 4.69) is 21.6 Å². The predicted octanol–water partition coefficient (Wildman–Crippen LogP) is 2.39. The van der Waals surface area contributed by atoms with Gasteiger partial charge in [-0.05, 0) is 13.0 Å². The lowest BCUT2D eigenvalue weighted by molar-refractivity contribution is 1.03. The number of thiophene rings is 1. The van der Waals surface area contributed by atoms with E-state index in [-0.39, 0.29) is 0 Å². The van der Waals surface area contributed by atoms with Gasteiger partial charge in [0.05, 0.1) is 12.1 Å². The molecule has 0 bridgehead atoms. The normalized spacial score (nSPS) is 9.87. The first-order valence-corrected chi connectivity index (χ1v) is 5.99. The largest absolute Gasteiger partial charge is 0.355 e. The first-order chi connectivity index (χ1) is 7.28. The van der Waals surface area contributed by atoms with E-state index < -0.39 is 0 Å². The maximum atomic E-state index is 8.66. The van der Waals surface area contributed by atoms with Gasteiger partial charge in [-0.3, -0.25) is 0 Å². The lowest BCUT2D eigenvalue weighted by Gasteiger charge is -1.97. The summed E-state index contributed by atoms with van der Waals surface area (Å²) in [4.78, 5) is 1.12. The smallest absolute Gasteiger partial charge is 0.205 e. The number of nitrogens with one attached hydrogen (secondary N) is 1. The summed E-state index contributed by atoms with van der Waals surface area (Å²) < 4.78 is 0. The minimum absolute atomic E-state index is 0.695. The molecule has 2 rings (SSSR count). The van der Waals surface area contributed by atoms with E-state index >= 15 is 0 Å². The second-order valence-corrected chi connectivity index (χ2v) is 5.07. The highest BCUT2D eigenvalue weighted by molar-refractivity contribution is 7.15. The fourth-order valence-electron chi connectivity index (χ4n) is 1.06. The molecule has 0 atom stereocenters. The molecule has 0 aliphatic carbocycles. The first kappa shape index (κ1) is 10.1. The average molecular weight is 236 g/mol. The molecule has 76 valence electrons. The molecule has 1 N–H and O–H groups in total. The molecular formula is C9H8N4S2. The van der Waals surface area contributed by atoms with E-state index in [1.54, 1.807) is 11.3 Å². The van der Waals surface area contributed by atoms with Gasteiger partial charge in [-0.15, -0.1) is 21.5 Å². The zero-order valence-electron chi connectivity index (χ0n) is 8.02. The number of anilines is 1. The zero-order valence-corrected chi connectivity index (χ0v) is 9.65. The van der Waals surface area contributed by atoms with E-state index in [1.165, 1.54) is 11.3 Å². The monoisotopic (exact) mass is 236 g/mol. The SMILES string of the molecule is Cc1nnc(NCc2cc(C#N)cs2)s1. The molecule has 0 unspecified atom stereocenters. The van der Waals surface area contributed by atoms with Gasteiger partial charge in [-0.25, -0.2) is 0 Å². The van der Waals surface area contributed by atoms with Crippen LogP contribution in [0.25, 0.3) is 0 Å². The molecule has 0 aliphatic heterocycles. The fraction of sp³-hybridized carbons (Fsp3) is 0.222. The Labute approximate surface area is 95.2 Å². The maximum Gasteiger partial charge on any atom is 0.205 e. The number of aryl methyl sites for hydroxylation is 1. The summed E-state index contributed by atoms with van der Waals surface area (Å²) in [6.45, 7) is 2.61.